The average Bonchev–Trinajstić information content (AvgIpc) is 3.09. The molecule has 1 aliphatic rings. The zero-order chi connectivity index (χ0) is 15.0. The van der Waals surface area contributed by atoms with Gasteiger partial charge in [-0.25, -0.2) is 14.8 Å². The molecule has 5 nitrogen and oxygen atoms in total. The predicted octanol–water partition coefficient (Wildman–Crippen LogP) is 3.47. The SMILES string of the molecule is CCN(c1ncnc2sc(C(=O)O)c(C)c12)C1CCCC1. The minimum atomic E-state index is -0.884. The molecule has 2 aromatic rings. The maximum atomic E-state index is 11.3. The van der Waals surface area contributed by atoms with Crippen LogP contribution in [0.15, 0.2) is 6.33 Å². The summed E-state index contributed by atoms with van der Waals surface area (Å²) < 4.78 is 0. The first-order valence-electron chi connectivity index (χ1n) is 7.37. The van der Waals surface area contributed by atoms with E-state index in [0.29, 0.717) is 10.9 Å². The van der Waals surface area contributed by atoms with Crippen molar-refractivity contribution in [2.45, 2.75) is 45.6 Å². The van der Waals surface area contributed by atoms with E-state index in [-0.39, 0.29) is 0 Å². The standard InChI is InChI=1S/C15H19N3O2S/c1-3-18(10-6-4-5-7-10)13-11-9(2)12(15(19)20)21-14(11)17-8-16-13/h8,10H,3-7H2,1-2H3,(H,19,20). The highest BCUT2D eigenvalue weighted by Crippen LogP contribution is 2.37. The first-order valence-corrected chi connectivity index (χ1v) is 8.19. The van der Waals surface area contributed by atoms with E-state index in [1.54, 1.807) is 6.33 Å². The molecule has 1 fully saturated rings. The van der Waals surface area contributed by atoms with Crippen LogP contribution >= 0.6 is 11.3 Å². The van der Waals surface area contributed by atoms with Gasteiger partial charge in [-0.05, 0) is 32.3 Å². The first-order chi connectivity index (χ1) is 10.1. The maximum Gasteiger partial charge on any atom is 0.346 e. The number of fused-ring (bicyclic) bond motifs is 1. The van der Waals surface area contributed by atoms with Crippen LogP contribution in [0.3, 0.4) is 0 Å². The molecule has 6 heteroatoms. The van der Waals surface area contributed by atoms with Crippen molar-refractivity contribution in [2.75, 3.05) is 11.4 Å². The quantitative estimate of drug-likeness (QED) is 0.937. The van der Waals surface area contributed by atoms with Gasteiger partial charge in [0.15, 0.2) is 0 Å². The highest BCUT2D eigenvalue weighted by atomic mass is 32.1. The molecule has 1 N–H and O–H groups in total. The van der Waals surface area contributed by atoms with Crippen molar-refractivity contribution < 1.29 is 9.90 Å². The van der Waals surface area contributed by atoms with Crippen molar-refractivity contribution in [1.29, 1.82) is 0 Å². The van der Waals surface area contributed by atoms with Crippen molar-refractivity contribution in [3.63, 3.8) is 0 Å². The van der Waals surface area contributed by atoms with Crippen LogP contribution in [0.4, 0.5) is 5.82 Å². The number of aromatic nitrogens is 2. The second kappa shape index (κ2) is 5.60. The number of anilines is 1. The molecule has 0 atom stereocenters. The Kier molecular flexibility index (Phi) is 3.80. The molecule has 0 spiro atoms. The molecule has 21 heavy (non-hydrogen) atoms. The number of carboxylic acids is 1. The van der Waals surface area contributed by atoms with E-state index < -0.39 is 5.97 Å². The highest BCUT2D eigenvalue weighted by Gasteiger charge is 2.26. The second-order valence-electron chi connectivity index (χ2n) is 5.46. The van der Waals surface area contributed by atoms with Gasteiger partial charge in [-0.3, -0.25) is 0 Å². The number of carbonyl (C=O) groups is 1. The summed E-state index contributed by atoms with van der Waals surface area (Å²) in [6, 6.07) is 0.515. The fraction of sp³-hybridized carbons (Fsp3) is 0.533. The number of nitrogens with zero attached hydrogens (tertiary/aromatic N) is 3. The van der Waals surface area contributed by atoms with E-state index in [0.717, 1.165) is 28.1 Å². The molecular formula is C15H19N3O2S. The summed E-state index contributed by atoms with van der Waals surface area (Å²) >= 11 is 1.24. The summed E-state index contributed by atoms with van der Waals surface area (Å²) in [4.78, 5) is 23.6. The Labute approximate surface area is 127 Å². The van der Waals surface area contributed by atoms with Crippen LogP contribution in [0.1, 0.15) is 47.8 Å². The van der Waals surface area contributed by atoms with Crippen molar-refractivity contribution in [3.05, 3.63) is 16.8 Å². The summed E-state index contributed by atoms with van der Waals surface area (Å²) in [6.07, 6.45) is 6.45. The number of rotatable bonds is 4. The van der Waals surface area contributed by atoms with Gasteiger partial charge in [0.25, 0.3) is 0 Å². The lowest BCUT2D eigenvalue weighted by atomic mass is 10.1. The summed E-state index contributed by atoms with van der Waals surface area (Å²) in [7, 11) is 0. The van der Waals surface area contributed by atoms with E-state index in [4.69, 9.17) is 0 Å². The summed E-state index contributed by atoms with van der Waals surface area (Å²) in [5.41, 5.74) is 0.787. The molecule has 0 aromatic carbocycles. The Hall–Kier alpha value is -1.69. The van der Waals surface area contributed by atoms with E-state index in [2.05, 4.69) is 21.8 Å². The fourth-order valence-electron chi connectivity index (χ4n) is 3.27. The van der Waals surface area contributed by atoms with Gasteiger partial charge in [0.05, 0.1) is 5.39 Å². The average molecular weight is 305 g/mol. The molecule has 0 aliphatic heterocycles. The van der Waals surface area contributed by atoms with Crippen LogP contribution in [0.2, 0.25) is 0 Å². The lowest BCUT2D eigenvalue weighted by Crippen LogP contribution is -2.33. The molecule has 1 saturated carbocycles. The Morgan fingerprint density at radius 2 is 2.14 bits per heavy atom. The van der Waals surface area contributed by atoms with Crippen LogP contribution in [0.5, 0.6) is 0 Å². The van der Waals surface area contributed by atoms with Crippen LogP contribution in [0.25, 0.3) is 10.2 Å². The molecule has 112 valence electrons. The van der Waals surface area contributed by atoms with Crippen molar-refractivity contribution in [3.8, 4) is 0 Å². The Bertz CT molecular complexity index is 677. The van der Waals surface area contributed by atoms with Gasteiger partial charge < -0.3 is 10.0 Å². The monoisotopic (exact) mass is 305 g/mol. The van der Waals surface area contributed by atoms with E-state index in [9.17, 15) is 9.90 Å². The molecule has 0 amide bonds. The third kappa shape index (κ3) is 2.37. The van der Waals surface area contributed by atoms with Gasteiger partial charge in [0, 0.05) is 12.6 Å². The minimum Gasteiger partial charge on any atom is -0.477 e. The third-order valence-corrected chi connectivity index (χ3v) is 5.47. The smallest absolute Gasteiger partial charge is 0.346 e. The topological polar surface area (TPSA) is 66.3 Å². The molecule has 3 rings (SSSR count). The molecule has 0 saturated heterocycles. The van der Waals surface area contributed by atoms with Gasteiger partial charge in [-0.2, -0.15) is 0 Å². The largest absolute Gasteiger partial charge is 0.477 e. The zero-order valence-electron chi connectivity index (χ0n) is 12.3. The van der Waals surface area contributed by atoms with Crippen LogP contribution in [-0.2, 0) is 0 Å². The minimum absolute atomic E-state index is 0.370. The number of carboxylic acid groups (broad SMARTS) is 1. The normalized spacial score (nSPS) is 15.7. The van der Waals surface area contributed by atoms with E-state index >= 15 is 0 Å². The Morgan fingerprint density at radius 3 is 2.76 bits per heavy atom. The lowest BCUT2D eigenvalue weighted by molar-refractivity contribution is 0.0701. The van der Waals surface area contributed by atoms with Gasteiger partial charge in [-0.1, -0.05) is 12.8 Å². The molecule has 2 aromatic heterocycles. The number of hydrogen-bond acceptors (Lipinski definition) is 5. The summed E-state index contributed by atoms with van der Waals surface area (Å²) in [5.74, 6) is 0.0148. The number of aromatic carboxylic acids is 1. The number of thiophene rings is 1. The molecule has 0 unspecified atom stereocenters. The molecule has 1 aliphatic carbocycles. The molecule has 0 bridgehead atoms. The van der Waals surface area contributed by atoms with Crippen LogP contribution in [-0.4, -0.2) is 33.6 Å². The van der Waals surface area contributed by atoms with Gasteiger partial charge in [-0.15, -0.1) is 11.3 Å². The Morgan fingerprint density at radius 1 is 1.43 bits per heavy atom. The number of aryl methyl sites for hydroxylation is 1. The van der Waals surface area contributed by atoms with Gasteiger partial charge in [0.1, 0.15) is 21.9 Å². The van der Waals surface area contributed by atoms with Crippen LogP contribution in [0, 0.1) is 6.92 Å². The maximum absolute atomic E-state index is 11.3. The van der Waals surface area contributed by atoms with Crippen molar-refractivity contribution in [1.82, 2.24) is 9.97 Å². The van der Waals surface area contributed by atoms with Crippen molar-refractivity contribution >= 4 is 33.3 Å². The fourth-order valence-corrected chi connectivity index (χ4v) is 4.25. The van der Waals surface area contributed by atoms with Gasteiger partial charge in [0.2, 0.25) is 0 Å². The predicted molar refractivity (Wildman–Crippen MR) is 84.4 cm³/mol. The molecule has 0 radical (unpaired) electrons. The van der Waals surface area contributed by atoms with E-state index in [1.807, 2.05) is 6.92 Å². The number of hydrogen-bond donors (Lipinski definition) is 1. The van der Waals surface area contributed by atoms with Gasteiger partial charge >= 0.3 is 5.97 Å². The molecule has 2 heterocycles. The molecular weight excluding hydrogens is 286 g/mol. The summed E-state index contributed by atoms with van der Waals surface area (Å²) in [5, 5.41) is 10.2. The Balaban J connectivity index is 2.15. The third-order valence-electron chi connectivity index (χ3n) is 4.28. The lowest BCUT2D eigenvalue weighted by Gasteiger charge is -2.29. The van der Waals surface area contributed by atoms with Crippen molar-refractivity contribution in [2.24, 2.45) is 0 Å². The first kappa shape index (κ1) is 14.3. The van der Waals surface area contributed by atoms with E-state index in [1.165, 1.54) is 37.0 Å². The van der Waals surface area contributed by atoms with Crippen LogP contribution < -0.4 is 4.90 Å². The zero-order valence-corrected chi connectivity index (χ0v) is 13.1. The summed E-state index contributed by atoms with van der Waals surface area (Å²) in [6.45, 7) is 4.87. The highest BCUT2D eigenvalue weighted by molar-refractivity contribution is 7.20. The second-order valence-corrected chi connectivity index (χ2v) is 6.46.